The van der Waals surface area contributed by atoms with Crippen LogP contribution in [-0.4, -0.2) is 22.5 Å². The normalized spacial score (nSPS) is 27.9. The zero-order valence-corrected chi connectivity index (χ0v) is 13.6. The molecule has 0 radical (unpaired) electrons. The molecule has 0 saturated heterocycles. The zero-order valence-electron chi connectivity index (χ0n) is 13.6. The van der Waals surface area contributed by atoms with Crippen LogP contribution in [0, 0.1) is 16.7 Å². The van der Waals surface area contributed by atoms with E-state index in [1.807, 2.05) is 13.8 Å². The summed E-state index contributed by atoms with van der Waals surface area (Å²) in [6, 6.07) is 0. The number of nitrogens with zero attached hydrogens (tertiary/aromatic N) is 1. The minimum absolute atomic E-state index is 0.0275. The van der Waals surface area contributed by atoms with E-state index < -0.39 is 5.41 Å². The van der Waals surface area contributed by atoms with E-state index in [1.165, 1.54) is 0 Å². The van der Waals surface area contributed by atoms with Gasteiger partial charge in [-0.05, 0) is 44.4 Å². The number of carbonyl (C=O) groups excluding carboxylic acids is 1. The van der Waals surface area contributed by atoms with E-state index in [1.54, 1.807) is 0 Å². The lowest BCUT2D eigenvalue weighted by molar-refractivity contribution is -0.135. The number of amidine groups is 1. The molecule has 1 saturated carbocycles. The van der Waals surface area contributed by atoms with Crippen LogP contribution in [0.4, 0.5) is 0 Å². The van der Waals surface area contributed by atoms with Crippen LogP contribution < -0.4 is 11.1 Å². The van der Waals surface area contributed by atoms with Gasteiger partial charge in [-0.1, -0.05) is 32.9 Å². The molecule has 20 heavy (non-hydrogen) atoms. The SMILES string of the molecule is CC1CC(C(=O)NC(C)(C)CC(C)(C)C)(C(N)=NO)C1. The first-order chi connectivity index (χ1) is 8.92. The summed E-state index contributed by atoms with van der Waals surface area (Å²) in [7, 11) is 0. The van der Waals surface area contributed by atoms with Gasteiger partial charge in [-0.2, -0.15) is 0 Å². The standard InChI is InChI=1S/C15H29N3O2/c1-10-7-15(8-10,11(16)18-20)12(19)17-14(5,6)9-13(2,3)4/h10,20H,7-9H2,1-6H3,(H2,16,18)(H,17,19). The van der Waals surface area contributed by atoms with Crippen molar-refractivity contribution in [1.29, 1.82) is 0 Å². The Hall–Kier alpha value is -1.26. The topological polar surface area (TPSA) is 87.7 Å². The third-order valence-corrected chi connectivity index (χ3v) is 3.85. The summed E-state index contributed by atoms with van der Waals surface area (Å²) in [5, 5.41) is 15.1. The molecule has 5 nitrogen and oxygen atoms in total. The summed E-state index contributed by atoms with van der Waals surface area (Å²) >= 11 is 0. The van der Waals surface area contributed by atoms with E-state index in [2.05, 4.69) is 38.2 Å². The van der Waals surface area contributed by atoms with Gasteiger partial charge in [0.15, 0.2) is 5.84 Å². The van der Waals surface area contributed by atoms with Crippen molar-refractivity contribution in [2.24, 2.45) is 27.6 Å². The molecular weight excluding hydrogens is 254 g/mol. The van der Waals surface area contributed by atoms with Gasteiger partial charge in [0.05, 0.1) is 0 Å². The predicted molar refractivity (Wildman–Crippen MR) is 80.5 cm³/mol. The van der Waals surface area contributed by atoms with Gasteiger partial charge in [0.2, 0.25) is 5.91 Å². The van der Waals surface area contributed by atoms with Crippen LogP contribution in [0.25, 0.3) is 0 Å². The first-order valence-corrected chi connectivity index (χ1v) is 7.22. The van der Waals surface area contributed by atoms with E-state index in [9.17, 15) is 4.79 Å². The van der Waals surface area contributed by atoms with Crippen molar-refractivity contribution in [2.45, 2.75) is 66.3 Å². The highest BCUT2D eigenvalue weighted by atomic mass is 16.4. The molecule has 0 aromatic rings. The molecule has 1 aliphatic carbocycles. The summed E-state index contributed by atoms with van der Waals surface area (Å²) in [5.74, 6) is 0.326. The second-order valence-electron chi connectivity index (χ2n) is 8.16. The molecule has 0 atom stereocenters. The van der Waals surface area contributed by atoms with Gasteiger partial charge >= 0.3 is 0 Å². The molecule has 1 rings (SSSR count). The summed E-state index contributed by atoms with van der Waals surface area (Å²) in [6.45, 7) is 12.5. The summed E-state index contributed by atoms with van der Waals surface area (Å²) in [5.41, 5.74) is 4.73. The Kier molecular flexibility index (Phi) is 4.42. The first-order valence-electron chi connectivity index (χ1n) is 7.22. The van der Waals surface area contributed by atoms with E-state index in [4.69, 9.17) is 10.9 Å². The molecule has 0 aromatic heterocycles. The Morgan fingerprint density at radius 2 is 1.85 bits per heavy atom. The van der Waals surface area contributed by atoms with Crippen LogP contribution in [0.15, 0.2) is 5.16 Å². The van der Waals surface area contributed by atoms with Crippen LogP contribution in [0.3, 0.4) is 0 Å². The van der Waals surface area contributed by atoms with E-state index in [0.29, 0.717) is 18.8 Å². The second-order valence-corrected chi connectivity index (χ2v) is 8.16. The number of amides is 1. The molecule has 116 valence electrons. The molecule has 5 heteroatoms. The molecule has 1 fully saturated rings. The number of nitrogens with two attached hydrogens (primary N) is 1. The minimum atomic E-state index is -0.830. The van der Waals surface area contributed by atoms with Gasteiger partial charge in [0.25, 0.3) is 0 Å². The maximum absolute atomic E-state index is 12.6. The molecule has 0 aliphatic heterocycles. The second kappa shape index (κ2) is 5.26. The zero-order chi connectivity index (χ0) is 15.8. The lowest BCUT2D eigenvalue weighted by atomic mass is 9.61. The lowest BCUT2D eigenvalue weighted by Gasteiger charge is -2.46. The Morgan fingerprint density at radius 3 is 2.20 bits per heavy atom. The van der Waals surface area contributed by atoms with Crippen molar-refractivity contribution in [3.63, 3.8) is 0 Å². The number of hydrogen-bond acceptors (Lipinski definition) is 3. The van der Waals surface area contributed by atoms with Crippen molar-refractivity contribution in [3.05, 3.63) is 0 Å². The molecule has 0 spiro atoms. The van der Waals surface area contributed by atoms with Crippen LogP contribution >= 0.6 is 0 Å². The van der Waals surface area contributed by atoms with Gasteiger partial charge in [0.1, 0.15) is 5.41 Å². The molecule has 1 amide bonds. The monoisotopic (exact) mass is 283 g/mol. The molecule has 0 unspecified atom stereocenters. The van der Waals surface area contributed by atoms with E-state index in [-0.39, 0.29) is 22.7 Å². The molecule has 1 aliphatic rings. The van der Waals surface area contributed by atoms with Crippen LogP contribution in [-0.2, 0) is 4.79 Å². The third-order valence-electron chi connectivity index (χ3n) is 3.85. The number of rotatable bonds is 4. The first kappa shape index (κ1) is 16.8. The highest BCUT2D eigenvalue weighted by molar-refractivity contribution is 6.07. The lowest BCUT2D eigenvalue weighted by Crippen LogP contribution is -2.60. The van der Waals surface area contributed by atoms with Crippen molar-refractivity contribution in [3.8, 4) is 0 Å². The summed E-state index contributed by atoms with van der Waals surface area (Å²) < 4.78 is 0. The number of oxime groups is 1. The summed E-state index contributed by atoms with van der Waals surface area (Å²) in [4.78, 5) is 12.6. The van der Waals surface area contributed by atoms with Gasteiger partial charge < -0.3 is 16.3 Å². The predicted octanol–water partition coefficient (Wildman–Crippen LogP) is 2.48. The van der Waals surface area contributed by atoms with Crippen LogP contribution in [0.2, 0.25) is 0 Å². The fourth-order valence-corrected chi connectivity index (χ4v) is 3.53. The average molecular weight is 283 g/mol. The third kappa shape index (κ3) is 3.64. The maximum Gasteiger partial charge on any atom is 0.234 e. The Morgan fingerprint density at radius 1 is 1.35 bits per heavy atom. The van der Waals surface area contributed by atoms with Crippen molar-refractivity contribution in [1.82, 2.24) is 5.32 Å². The average Bonchev–Trinajstić information content (AvgIpc) is 2.18. The van der Waals surface area contributed by atoms with Crippen LogP contribution in [0.1, 0.15) is 60.8 Å². The summed E-state index contributed by atoms with van der Waals surface area (Å²) in [6.07, 6.45) is 2.13. The Balaban J connectivity index is 2.84. The highest BCUT2D eigenvalue weighted by Gasteiger charge is 2.53. The van der Waals surface area contributed by atoms with Crippen molar-refractivity contribution < 1.29 is 10.0 Å². The molecule has 0 bridgehead atoms. The maximum atomic E-state index is 12.6. The molecule has 0 aromatic carbocycles. The van der Waals surface area contributed by atoms with Gasteiger partial charge in [0, 0.05) is 5.54 Å². The Labute approximate surface area is 122 Å². The Bertz CT molecular complexity index is 402. The number of nitrogens with one attached hydrogen (secondary N) is 1. The van der Waals surface area contributed by atoms with Gasteiger partial charge in [-0.15, -0.1) is 0 Å². The fraction of sp³-hybridized carbons (Fsp3) is 0.867. The van der Waals surface area contributed by atoms with Crippen molar-refractivity contribution >= 4 is 11.7 Å². The molecular formula is C15H29N3O2. The smallest absolute Gasteiger partial charge is 0.234 e. The van der Waals surface area contributed by atoms with Crippen LogP contribution in [0.5, 0.6) is 0 Å². The molecule has 0 heterocycles. The van der Waals surface area contributed by atoms with Gasteiger partial charge in [-0.3, -0.25) is 4.79 Å². The molecule has 4 N–H and O–H groups in total. The van der Waals surface area contributed by atoms with Gasteiger partial charge in [-0.25, -0.2) is 0 Å². The highest BCUT2D eigenvalue weighted by Crippen LogP contribution is 2.46. The fourth-order valence-electron chi connectivity index (χ4n) is 3.53. The number of carbonyl (C=O) groups is 1. The quantitative estimate of drug-likeness (QED) is 0.320. The minimum Gasteiger partial charge on any atom is -0.409 e. The number of hydrogen-bond donors (Lipinski definition) is 3. The largest absolute Gasteiger partial charge is 0.409 e. The van der Waals surface area contributed by atoms with E-state index >= 15 is 0 Å². The van der Waals surface area contributed by atoms with Crippen molar-refractivity contribution in [2.75, 3.05) is 0 Å². The van der Waals surface area contributed by atoms with E-state index in [0.717, 1.165) is 6.42 Å².